The Balaban J connectivity index is 3.04. The Morgan fingerprint density at radius 3 is 2.56 bits per heavy atom. The van der Waals surface area contributed by atoms with Crippen LogP contribution in [-0.2, 0) is 6.54 Å². The van der Waals surface area contributed by atoms with Gasteiger partial charge >= 0.3 is 0 Å². The number of hydrogen-bond donors (Lipinski definition) is 3. The molecule has 0 radical (unpaired) electrons. The molecule has 1 rings (SSSR count). The minimum atomic E-state index is -0.905. The Morgan fingerprint density at radius 2 is 2.06 bits per heavy atom. The molecule has 0 aromatic carbocycles. The molecular formula is C12H21N3O3. The average molecular weight is 255 g/mol. The summed E-state index contributed by atoms with van der Waals surface area (Å²) in [7, 11) is 0. The van der Waals surface area contributed by atoms with E-state index in [2.05, 4.69) is 10.3 Å². The average Bonchev–Trinajstić information content (AvgIpc) is 2.41. The molecule has 0 spiro atoms. The van der Waals surface area contributed by atoms with Gasteiger partial charge in [0.1, 0.15) is 0 Å². The van der Waals surface area contributed by atoms with Gasteiger partial charge in [0.15, 0.2) is 5.82 Å². The molecule has 6 heteroatoms. The van der Waals surface area contributed by atoms with Crippen molar-refractivity contribution in [3.8, 4) is 0 Å². The van der Waals surface area contributed by atoms with Crippen LogP contribution in [0.15, 0.2) is 17.2 Å². The molecule has 6 nitrogen and oxygen atoms in total. The van der Waals surface area contributed by atoms with Crippen LogP contribution in [0.4, 0.5) is 5.82 Å². The topological polar surface area (TPSA) is 87.4 Å². The first-order valence-corrected chi connectivity index (χ1v) is 6.17. The Morgan fingerprint density at radius 1 is 1.39 bits per heavy atom. The summed E-state index contributed by atoms with van der Waals surface area (Å²) in [5, 5.41) is 21.5. The van der Waals surface area contributed by atoms with Crippen molar-refractivity contribution in [3.05, 3.63) is 22.7 Å². The molecule has 0 bridgehead atoms. The lowest BCUT2D eigenvalue weighted by Crippen LogP contribution is -2.47. The summed E-state index contributed by atoms with van der Waals surface area (Å²) in [5.74, 6) is 0.163. The van der Waals surface area contributed by atoms with E-state index in [0.717, 1.165) is 6.42 Å². The molecule has 102 valence electrons. The summed E-state index contributed by atoms with van der Waals surface area (Å²) < 4.78 is 1.56. The van der Waals surface area contributed by atoms with Crippen molar-refractivity contribution in [2.75, 3.05) is 18.5 Å². The first-order chi connectivity index (χ1) is 8.62. The van der Waals surface area contributed by atoms with Crippen LogP contribution in [0.5, 0.6) is 0 Å². The van der Waals surface area contributed by atoms with Crippen molar-refractivity contribution in [1.29, 1.82) is 0 Å². The van der Waals surface area contributed by atoms with Crippen LogP contribution in [0.1, 0.15) is 26.7 Å². The zero-order valence-corrected chi connectivity index (χ0v) is 10.9. The van der Waals surface area contributed by atoms with Gasteiger partial charge in [0.05, 0.1) is 18.8 Å². The molecule has 18 heavy (non-hydrogen) atoms. The molecule has 0 unspecified atom stereocenters. The van der Waals surface area contributed by atoms with Gasteiger partial charge in [-0.25, -0.2) is 4.98 Å². The van der Waals surface area contributed by atoms with Crippen LogP contribution in [0, 0.1) is 0 Å². The molecular weight excluding hydrogens is 234 g/mol. The van der Waals surface area contributed by atoms with Gasteiger partial charge in [-0.2, -0.15) is 0 Å². The second-order valence-electron chi connectivity index (χ2n) is 4.35. The zero-order chi connectivity index (χ0) is 13.6. The van der Waals surface area contributed by atoms with Crippen molar-refractivity contribution >= 4 is 5.82 Å². The number of aliphatic hydroxyl groups excluding tert-OH is 2. The van der Waals surface area contributed by atoms with Crippen molar-refractivity contribution in [2.45, 2.75) is 38.8 Å². The predicted molar refractivity (Wildman–Crippen MR) is 69.6 cm³/mol. The van der Waals surface area contributed by atoms with Crippen LogP contribution in [0.25, 0.3) is 0 Å². The fourth-order valence-electron chi connectivity index (χ4n) is 1.64. The van der Waals surface area contributed by atoms with Gasteiger partial charge in [-0.15, -0.1) is 0 Å². The molecule has 1 aromatic rings. The number of nitrogens with zero attached hydrogens (tertiary/aromatic N) is 2. The summed E-state index contributed by atoms with van der Waals surface area (Å²) in [6.45, 7) is 3.91. The highest BCUT2D eigenvalue weighted by Crippen LogP contribution is 2.13. The normalized spacial score (nSPS) is 11.6. The number of aryl methyl sites for hydroxylation is 1. The highest BCUT2D eigenvalue weighted by atomic mass is 16.3. The molecule has 0 atom stereocenters. The number of hydrogen-bond acceptors (Lipinski definition) is 5. The number of aliphatic hydroxyl groups is 2. The van der Waals surface area contributed by atoms with Crippen LogP contribution < -0.4 is 10.9 Å². The Labute approximate surface area is 106 Å². The first kappa shape index (κ1) is 14.7. The Kier molecular flexibility index (Phi) is 5.30. The lowest BCUT2D eigenvalue weighted by atomic mass is 9.99. The van der Waals surface area contributed by atoms with E-state index in [0.29, 0.717) is 13.0 Å². The molecule has 1 aromatic heterocycles. The van der Waals surface area contributed by atoms with E-state index in [1.807, 2.05) is 13.8 Å². The maximum atomic E-state index is 12.1. The van der Waals surface area contributed by atoms with E-state index in [9.17, 15) is 15.0 Å². The Hall–Kier alpha value is -1.40. The molecule has 0 aliphatic rings. The van der Waals surface area contributed by atoms with E-state index in [1.165, 1.54) is 6.20 Å². The van der Waals surface area contributed by atoms with Crippen LogP contribution >= 0.6 is 0 Å². The van der Waals surface area contributed by atoms with Crippen LogP contribution in [0.3, 0.4) is 0 Å². The maximum Gasteiger partial charge on any atom is 0.293 e. The minimum Gasteiger partial charge on any atom is -0.394 e. The number of anilines is 1. The predicted octanol–water partition coefficient (Wildman–Crippen LogP) is 0.199. The van der Waals surface area contributed by atoms with E-state index in [4.69, 9.17) is 0 Å². The third-order valence-electron chi connectivity index (χ3n) is 3.04. The summed E-state index contributed by atoms with van der Waals surface area (Å²) in [6, 6.07) is 0. The zero-order valence-electron chi connectivity index (χ0n) is 10.9. The van der Waals surface area contributed by atoms with Crippen LogP contribution in [0.2, 0.25) is 0 Å². The molecule has 0 saturated carbocycles. The van der Waals surface area contributed by atoms with Crippen molar-refractivity contribution in [1.82, 2.24) is 9.55 Å². The summed E-state index contributed by atoms with van der Waals surface area (Å²) >= 11 is 0. The fourth-order valence-corrected chi connectivity index (χ4v) is 1.64. The lowest BCUT2D eigenvalue weighted by Gasteiger charge is -2.29. The van der Waals surface area contributed by atoms with Crippen molar-refractivity contribution in [3.63, 3.8) is 0 Å². The second-order valence-corrected chi connectivity index (χ2v) is 4.35. The van der Waals surface area contributed by atoms with E-state index < -0.39 is 5.54 Å². The molecule has 0 saturated heterocycles. The van der Waals surface area contributed by atoms with Gasteiger partial charge in [-0.05, 0) is 12.8 Å². The molecule has 3 N–H and O–H groups in total. The van der Waals surface area contributed by atoms with E-state index >= 15 is 0 Å². The third-order valence-corrected chi connectivity index (χ3v) is 3.04. The maximum absolute atomic E-state index is 12.1. The van der Waals surface area contributed by atoms with Gasteiger partial charge in [-0.3, -0.25) is 4.79 Å². The SMILES string of the molecule is CCCn1ccnc(NC(CC)(CO)CO)c1=O. The molecule has 1 heterocycles. The number of aromatic nitrogens is 2. The largest absolute Gasteiger partial charge is 0.394 e. The fraction of sp³-hybridized carbons (Fsp3) is 0.667. The van der Waals surface area contributed by atoms with Crippen molar-refractivity contribution < 1.29 is 10.2 Å². The smallest absolute Gasteiger partial charge is 0.293 e. The quantitative estimate of drug-likeness (QED) is 0.648. The van der Waals surface area contributed by atoms with Crippen molar-refractivity contribution in [2.24, 2.45) is 0 Å². The summed E-state index contributed by atoms with van der Waals surface area (Å²) in [4.78, 5) is 16.0. The minimum absolute atomic E-state index is 0.163. The van der Waals surface area contributed by atoms with E-state index in [-0.39, 0.29) is 24.6 Å². The lowest BCUT2D eigenvalue weighted by molar-refractivity contribution is 0.132. The Bertz CT molecular complexity index is 419. The molecule has 0 amide bonds. The van der Waals surface area contributed by atoms with Gasteiger partial charge in [0, 0.05) is 18.9 Å². The number of nitrogens with one attached hydrogen (secondary N) is 1. The van der Waals surface area contributed by atoms with Gasteiger partial charge < -0.3 is 20.1 Å². The molecule has 0 aliphatic carbocycles. The third kappa shape index (κ3) is 3.08. The van der Waals surface area contributed by atoms with Gasteiger partial charge in [0.2, 0.25) is 0 Å². The monoisotopic (exact) mass is 255 g/mol. The standard InChI is InChI=1S/C12H21N3O3/c1-3-6-15-7-5-13-10(11(15)18)14-12(4-2,8-16)9-17/h5,7,16-17H,3-4,6,8-9H2,1-2H3,(H,13,14). The highest BCUT2D eigenvalue weighted by Gasteiger charge is 2.27. The van der Waals surface area contributed by atoms with E-state index in [1.54, 1.807) is 10.8 Å². The highest BCUT2D eigenvalue weighted by molar-refractivity contribution is 5.35. The summed E-state index contributed by atoms with van der Waals surface area (Å²) in [5.41, 5.74) is -1.14. The molecule has 0 fully saturated rings. The second kappa shape index (κ2) is 6.51. The van der Waals surface area contributed by atoms with Gasteiger partial charge in [0.25, 0.3) is 5.56 Å². The first-order valence-electron chi connectivity index (χ1n) is 6.17. The molecule has 0 aliphatic heterocycles. The van der Waals surface area contributed by atoms with Gasteiger partial charge in [-0.1, -0.05) is 13.8 Å². The van der Waals surface area contributed by atoms with Crippen LogP contribution in [-0.4, -0.2) is 38.5 Å². The number of rotatable bonds is 7. The summed E-state index contributed by atoms with van der Waals surface area (Å²) in [6.07, 6.45) is 4.50.